The van der Waals surface area contributed by atoms with Gasteiger partial charge in [0.05, 0.1) is 0 Å². The Labute approximate surface area is 89.7 Å². The maximum absolute atomic E-state index is 12.3. The van der Waals surface area contributed by atoms with Crippen LogP contribution in [0.4, 0.5) is 13.2 Å². The summed E-state index contributed by atoms with van der Waals surface area (Å²) >= 11 is 0. The molecule has 86 valence electrons. The number of halogens is 3. The van der Waals surface area contributed by atoms with E-state index < -0.39 is 12.2 Å². The fourth-order valence-corrected chi connectivity index (χ4v) is 1.48. The lowest BCUT2D eigenvalue weighted by molar-refractivity contribution is -0.147. The van der Waals surface area contributed by atoms with Gasteiger partial charge in [-0.1, -0.05) is 6.07 Å². The van der Waals surface area contributed by atoms with Gasteiger partial charge >= 0.3 is 6.18 Å². The van der Waals surface area contributed by atoms with Crippen molar-refractivity contribution in [2.75, 3.05) is 0 Å². The summed E-state index contributed by atoms with van der Waals surface area (Å²) in [6.45, 7) is 0. The lowest BCUT2D eigenvalue weighted by Gasteiger charge is -2.14. The Morgan fingerprint density at radius 3 is 2.81 bits per heavy atom. The highest BCUT2D eigenvalue weighted by atomic mass is 19.4. The highest BCUT2D eigenvalue weighted by molar-refractivity contribution is 5.39. The van der Waals surface area contributed by atoms with E-state index in [9.17, 15) is 13.2 Å². The van der Waals surface area contributed by atoms with Gasteiger partial charge in [0.2, 0.25) is 0 Å². The van der Waals surface area contributed by atoms with Gasteiger partial charge in [0.1, 0.15) is 11.7 Å². The topological polar surface area (TPSA) is 43.3 Å². The lowest BCUT2D eigenvalue weighted by atomic mass is 10.2. The standard InChI is InChI=1S/C10H10F3N3/c11-10(12,13)8(14)5-7-6-15-9-3-1-2-4-16(7)9/h1-4,6,8H,5,14H2. The average molecular weight is 229 g/mol. The number of fused-ring (bicyclic) bond motifs is 1. The van der Waals surface area contributed by atoms with E-state index in [0.717, 1.165) is 0 Å². The number of nitrogens with two attached hydrogens (primary N) is 1. The molecule has 2 aromatic rings. The molecule has 2 heterocycles. The van der Waals surface area contributed by atoms with Crippen LogP contribution in [0, 0.1) is 0 Å². The second-order valence-electron chi connectivity index (χ2n) is 3.53. The predicted molar refractivity (Wildman–Crippen MR) is 52.9 cm³/mol. The highest BCUT2D eigenvalue weighted by Crippen LogP contribution is 2.21. The highest BCUT2D eigenvalue weighted by Gasteiger charge is 2.37. The van der Waals surface area contributed by atoms with Crippen LogP contribution in [0.2, 0.25) is 0 Å². The van der Waals surface area contributed by atoms with Crippen molar-refractivity contribution in [2.45, 2.75) is 18.6 Å². The van der Waals surface area contributed by atoms with Crippen molar-refractivity contribution in [3.63, 3.8) is 0 Å². The van der Waals surface area contributed by atoms with Gasteiger partial charge in [-0.25, -0.2) is 4.98 Å². The van der Waals surface area contributed by atoms with Crippen molar-refractivity contribution in [1.82, 2.24) is 9.38 Å². The van der Waals surface area contributed by atoms with E-state index in [1.807, 2.05) is 0 Å². The van der Waals surface area contributed by atoms with Crippen LogP contribution in [0.25, 0.3) is 5.65 Å². The molecule has 0 radical (unpaired) electrons. The molecule has 1 atom stereocenters. The maximum Gasteiger partial charge on any atom is 0.404 e. The van der Waals surface area contributed by atoms with Gasteiger partial charge in [-0.2, -0.15) is 13.2 Å². The van der Waals surface area contributed by atoms with Crippen molar-refractivity contribution < 1.29 is 13.2 Å². The molecule has 2 rings (SSSR count). The summed E-state index contributed by atoms with van der Waals surface area (Å²) in [4.78, 5) is 3.99. The fourth-order valence-electron chi connectivity index (χ4n) is 1.48. The van der Waals surface area contributed by atoms with E-state index in [1.165, 1.54) is 6.20 Å². The van der Waals surface area contributed by atoms with Crippen LogP contribution in [0.1, 0.15) is 5.69 Å². The van der Waals surface area contributed by atoms with Crippen LogP contribution in [0.15, 0.2) is 30.6 Å². The van der Waals surface area contributed by atoms with Crippen molar-refractivity contribution in [3.8, 4) is 0 Å². The van der Waals surface area contributed by atoms with Gasteiger partial charge in [-0.3, -0.25) is 0 Å². The molecule has 16 heavy (non-hydrogen) atoms. The quantitative estimate of drug-likeness (QED) is 0.852. The first-order chi connectivity index (χ1) is 7.48. The Hall–Kier alpha value is -1.56. The predicted octanol–water partition coefficient (Wildman–Crippen LogP) is 1.77. The van der Waals surface area contributed by atoms with Gasteiger partial charge < -0.3 is 10.1 Å². The summed E-state index contributed by atoms with van der Waals surface area (Å²) < 4.78 is 38.5. The third-order valence-corrected chi connectivity index (χ3v) is 2.34. The van der Waals surface area contributed by atoms with E-state index in [2.05, 4.69) is 4.98 Å². The molecule has 3 nitrogen and oxygen atoms in total. The molecule has 0 saturated carbocycles. The zero-order valence-electron chi connectivity index (χ0n) is 8.28. The van der Waals surface area contributed by atoms with Crippen LogP contribution in [0.5, 0.6) is 0 Å². The van der Waals surface area contributed by atoms with E-state index in [1.54, 1.807) is 28.8 Å². The van der Waals surface area contributed by atoms with Crippen molar-refractivity contribution in [1.29, 1.82) is 0 Å². The number of aromatic nitrogens is 2. The summed E-state index contributed by atoms with van der Waals surface area (Å²) in [6.07, 6.45) is -1.56. The number of alkyl halides is 3. The summed E-state index contributed by atoms with van der Waals surface area (Å²) in [7, 11) is 0. The monoisotopic (exact) mass is 229 g/mol. The molecular weight excluding hydrogens is 219 g/mol. The molecule has 2 aromatic heterocycles. The Balaban J connectivity index is 2.28. The minimum atomic E-state index is -4.38. The van der Waals surface area contributed by atoms with Crippen LogP contribution in [-0.2, 0) is 6.42 Å². The van der Waals surface area contributed by atoms with Gasteiger partial charge in [0.15, 0.2) is 0 Å². The Morgan fingerprint density at radius 2 is 2.12 bits per heavy atom. The first kappa shape index (κ1) is 10.9. The smallest absolute Gasteiger partial charge is 0.320 e. The summed E-state index contributed by atoms with van der Waals surface area (Å²) in [5.41, 5.74) is 6.14. The van der Waals surface area contributed by atoms with Crippen LogP contribution in [-0.4, -0.2) is 21.6 Å². The summed E-state index contributed by atoms with van der Waals surface area (Å²) in [5, 5.41) is 0. The first-order valence-electron chi connectivity index (χ1n) is 4.72. The van der Waals surface area contributed by atoms with Gasteiger partial charge in [-0.15, -0.1) is 0 Å². The van der Waals surface area contributed by atoms with Crippen molar-refractivity contribution >= 4 is 5.65 Å². The minimum absolute atomic E-state index is 0.269. The summed E-state index contributed by atoms with van der Waals surface area (Å²) in [6, 6.07) is 3.38. The van der Waals surface area contributed by atoms with Crippen LogP contribution < -0.4 is 5.73 Å². The molecule has 6 heteroatoms. The SMILES string of the molecule is NC(Cc1cnc2ccccn12)C(F)(F)F. The number of pyridine rings is 1. The number of imidazole rings is 1. The van der Waals surface area contributed by atoms with E-state index >= 15 is 0 Å². The Morgan fingerprint density at radius 1 is 1.38 bits per heavy atom. The summed E-state index contributed by atoms with van der Waals surface area (Å²) in [5.74, 6) is 0. The van der Waals surface area contributed by atoms with E-state index in [0.29, 0.717) is 11.3 Å². The molecule has 0 aliphatic rings. The van der Waals surface area contributed by atoms with Crippen LogP contribution >= 0.6 is 0 Å². The molecule has 0 fully saturated rings. The number of nitrogens with zero attached hydrogens (tertiary/aromatic N) is 2. The molecule has 0 aliphatic carbocycles. The normalized spacial score (nSPS) is 14.2. The molecule has 0 bridgehead atoms. The molecule has 1 unspecified atom stereocenters. The zero-order chi connectivity index (χ0) is 11.8. The zero-order valence-corrected chi connectivity index (χ0v) is 8.28. The number of hydrogen-bond donors (Lipinski definition) is 1. The average Bonchev–Trinajstić information content (AvgIpc) is 2.61. The minimum Gasteiger partial charge on any atom is -0.320 e. The number of rotatable bonds is 2. The Bertz CT molecular complexity index is 489. The Kier molecular flexibility index (Phi) is 2.59. The second kappa shape index (κ2) is 3.79. The van der Waals surface area contributed by atoms with Crippen LogP contribution in [0.3, 0.4) is 0 Å². The third kappa shape index (κ3) is 2.01. The van der Waals surface area contributed by atoms with Gasteiger partial charge in [0, 0.05) is 24.5 Å². The largest absolute Gasteiger partial charge is 0.404 e. The van der Waals surface area contributed by atoms with E-state index in [-0.39, 0.29) is 6.42 Å². The van der Waals surface area contributed by atoms with Gasteiger partial charge in [-0.05, 0) is 12.1 Å². The first-order valence-corrected chi connectivity index (χ1v) is 4.72. The molecule has 0 aromatic carbocycles. The van der Waals surface area contributed by atoms with Gasteiger partial charge in [0.25, 0.3) is 0 Å². The van der Waals surface area contributed by atoms with Crippen molar-refractivity contribution in [3.05, 3.63) is 36.3 Å². The maximum atomic E-state index is 12.3. The molecule has 0 aliphatic heterocycles. The third-order valence-electron chi connectivity index (χ3n) is 2.34. The second-order valence-corrected chi connectivity index (χ2v) is 3.53. The lowest BCUT2D eigenvalue weighted by Crippen LogP contribution is -2.39. The molecular formula is C10H10F3N3. The molecule has 0 spiro atoms. The molecule has 0 saturated heterocycles. The molecule has 2 N–H and O–H groups in total. The molecule has 0 amide bonds. The van der Waals surface area contributed by atoms with Crippen molar-refractivity contribution in [2.24, 2.45) is 5.73 Å². The fraction of sp³-hybridized carbons (Fsp3) is 0.300. The van der Waals surface area contributed by atoms with E-state index in [4.69, 9.17) is 5.73 Å². The number of hydrogen-bond acceptors (Lipinski definition) is 2.